The molecule has 2 aliphatic carbocycles. The maximum Gasteiger partial charge on any atom is 0.133 e. The van der Waals surface area contributed by atoms with Gasteiger partial charge >= 0.3 is 0 Å². The number of hydrogen-bond acceptors (Lipinski definition) is 2. The fourth-order valence-corrected chi connectivity index (χ4v) is 3.33. The van der Waals surface area contributed by atoms with Gasteiger partial charge < -0.3 is 4.74 Å². The summed E-state index contributed by atoms with van der Waals surface area (Å²) in [6.45, 7) is 1.64. The Hall–Kier alpha value is -0.630. The maximum absolute atomic E-state index is 11.8. The van der Waals surface area contributed by atoms with Crippen LogP contribution in [0.15, 0.2) is 11.6 Å². The second kappa shape index (κ2) is 3.75. The first-order valence-electron chi connectivity index (χ1n) is 6.13. The van der Waals surface area contributed by atoms with Gasteiger partial charge in [0.1, 0.15) is 5.78 Å². The molecule has 0 N–H and O–H groups in total. The largest absolute Gasteiger partial charge is 0.381 e. The van der Waals surface area contributed by atoms with E-state index < -0.39 is 0 Å². The van der Waals surface area contributed by atoms with Crippen molar-refractivity contribution in [2.75, 3.05) is 13.2 Å². The van der Waals surface area contributed by atoms with E-state index in [1.165, 1.54) is 19.3 Å². The molecule has 0 aromatic heterocycles. The third-order valence-electron chi connectivity index (χ3n) is 4.18. The number of ketones is 1. The lowest BCUT2D eigenvalue weighted by atomic mass is 9.82. The summed E-state index contributed by atoms with van der Waals surface area (Å²) >= 11 is 0. The summed E-state index contributed by atoms with van der Waals surface area (Å²) in [7, 11) is 0. The first kappa shape index (κ1) is 9.59. The van der Waals surface area contributed by atoms with E-state index in [0.29, 0.717) is 23.5 Å². The molecule has 1 saturated carbocycles. The zero-order valence-electron chi connectivity index (χ0n) is 9.08. The molecule has 3 rings (SSSR count). The highest BCUT2D eigenvalue weighted by Crippen LogP contribution is 2.39. The van der Waals surface area contributed by atoms with Gasteiger partial charge in [-0.25, -0.2) is 0 Å². The number of carbonyl (C=O) groups excluding carboxylic acids is 1. The minimum absolute atomic E-state index is 0.466. The van der Waals surface area contributed by atoms with Crippen molar-refractivity contribution in [1.82, 2.24) is 0 Å². The molecule has 1 saturated heterocycles. The molecule has 0 bridgehead atoms. The lowest BCUT2D eigenvalue weighted by Gasteiger charge is -2.21. The third-order valence-corrected chi connectivity index (χ3v) is 4.18. The Labute approximate surface area is 90.7 Å². The van der Waals surface area contributed by atoms with Crippen LogP contribution in [0.1, 0.15) is 32.1 Å². The van der Waals surface area contributed by atoms with Crippen molar-refractivity contribution in [1.29, 1.82) is 0 Å². The van der Waals surface area contributed by atoms with Crippen molar-refractivity contribution in [2.45, 2.75) is 32.1 Å². The van der Waals surface area contributed by atoms with Crippen LogP contribution in [-0.4, -0.2) is 19.0 Å². The first-order valence-corrected chi connectivity index (χ1v) is 6.13. The van der Waals surface area contributed by atoms with Gasteiger partial charge in [-0.05, 0) is 31.1 Å². The van der Waals surface area contributed by atoms with Crippen LogP contribution in [0.3, 0.4) is 0 Å². The van der Waals surface area contributed by atoms with Crippen LogP contribution in [-0.2, 0) is 9.53 Å². The minimum Gasteiger partial charge on any atom is -0.381 e. The molecule has 2 nitrogen and oxygen atoms in total. The summed E-state index contributed by atoms with van der Waals surface area (Å²) in [6, 6.07) is 0. The summed E-state index contributed by atoms with van der Waals surface area (Å²) in [5.41, 5.74) is 1.56. The number of rotatable bonds is 0. The van der Waals surface area contributed by atoms with Gasteiger partial charge in [-0.1, -0.05) is 11.6 Å². The van der Waals surface area contributed by atoms with E-state index in [2.05, 4.69) is 6.08 Å². The molecule has 0 amide bonds. The van der Waals surface area contributed by atoms with Crippen molar-refractivity contribution >= 4 is 5.78 Å². The smallest absolute Gasteiger partial charge is 0.133 e. The Kier molecular flexibility index (Phi) is 2.39. The number of hydrogen-bond donors (Lipinski definition) is 0. The number of carbonyl (C=O) groups is 1. The summed E-state index contributed by atoms with van der Waals surface area (Å²) in [4.78, 5) is 11.8. The van der Waals surface area contributed by atoms with Crippen molar-refractivity contribution in [3.8, 4) is 0 Å². The fraction of sp³-hybridized carbons (Fsp3) is 0.769. The quantitative estimate of drug-likeness (QED) is 0.569. The first-order chi connectivity index (χ1) is 7.33. The van der Waals surface area contributed by atoms with E-state index in [1.807, 2.05) is 0 Å². The van der Waals surface area contributed by atoms with E-state index in [0.717, 1.165) is 26.1 Å². The second-order valence-corrected chi connectivity index (χ2v) is 5.24. The average Bonchev–Trinajstić information content (AvgIpc) is 2.76. The molecule has 15 heavy (non-hydrogen) atoms. The monoisotopic (exact) mass is 206 g/mol. The van der Waals surface area contributed by atoms with Gasteiger partial charge in [0.15, 0.2) is 0 Å². The van der Waals surface area contributed by atoms with Gasteiger partial charge in [-0.2, -0.15) is 0 Å². The number of fused-ring (bicyclic) bond motifs is 2. The summed E-state index contributed by atoms with van der Waals surface area (Å²) in [5, 5.41) is 0. The Morgan fingerprint density at radius 2 is 2.20 bits per heavy atom. The van der Waals surface area contributed by atoms with Crippen LogP contribution in [0, 0.1) is 17.8 Å². The number of ether oxygens (including phenoxy) is 1. The van der Waals surface area contributed by atoms with E-state index in [9.17, 15) is 4.79 Å². The predicted molar refractivity (Wildman–Crippen MR) is 57.5 cm³/mol. The van der Waals surface area contributed by atoms with Crippen LogP contribution in [0.4, 0.5) is 0 Å². The molecule has 3 atom stereocenters. The highest BCUT2D eigenvalue weighted by Gasteiger charge is 2.34. The van der Waals surface area contributed by atoms with Gasteiger partial charge in [-0.3, -0.25) is 4.79 Å². The number of Topliss-reactive ketones (excluding diaryl/α,β-unsaturated/α-hetero) is 1. The fourth-order valence-electron chi connectivity index (χ4n) is 3.33. The molecule has 82 valence electrons. The average molecular weight is 206 g/mol. The minimum atomic E-state index is 0.466. The summed E-state index contributed by atoms with van der Waals surface area (Å²) in [5.74, 6) is 2.06. The molecule has 0 aromatic carbocycles. The molecule has 2 fully saturated rings. The lowest BCUT2D eigenvalue weighted by molar-refractivity contribution is -0.120. The highest BCUT2D eigenvalue weighted by atomic mass is 16.5. The Bertz CT molecular complexity index is 306. The SMILES string of the molecule is O=C1CC2COC[C@H]2/C=C2/CCC[C@H]2C1. The van der Waals surface area contributed by atoms with Crippen molar-refractivity contribution in [3.05, 3.63) is 11.6 Å². The van der Waals surface area contributed by atoms with Crippen molar-refractivity contribution in [2.24, 2.45) is 17.8 Å². The standard InChI is InChI=1S/C13H18O2/c14-13-5-10-3-1-2-9(10)4-11-7-15-8-12(11)6-13/h4,10-12H,1-3,5-8H2/b9-4-/t10-,11+,12?/m0/s1. The van der Waals surface area contributed by atoms with Crippen molar-refractivity contribution < 1.29 is 9.53 Å². The zero-order valence-corrected chi connectivity index (χ0v) is 9.08. The molecule has 1 aliphatic heterocycles. The Morgan fingerprint density at radius 1 is 1.27 bits per heavy atom. The van der Waals surface area contributed by atoms with Gasteiger partial charge in [0, 0.05) is 18.8 Å². The topological polar surface area (TPSA) is 26.3 Å². The van der Waals surface area contributed by atoms with E-state index >= 15 is 0 Å². The van der Waals surface area contributed by atoms with E-state index in [4.69, 9.17) is 4.74 Å². The van der Waals surface area contributed by atoms with Gasteiger partial charge in [0.25, 0.3) is 0 Å². The van der Waals surface area contributed by atoms with Crippen molar-refractivity contribution in [3.63, 3.8) is 0 Å². The summed E-state index contributed by atoms with van der Waals surface area (Å²) < 4.78 is 5.50. The Balaban J connectivity index is 1.89. The lowest BCUT2D eigenvalue weighted by Crippen LogP contribution is -2.20. The maximum atomic E-state index is 11.8. The van der Waals surface area contributed by atoms with Crippen LogP contribution in [0.5, 0.6) is 0 Å². The molecular formula is C13H18O2. The number of allylic oxidation sites excluding steroid dienone is 1. The van der Waals surface area contributed by atoms with Crippen LogP contribution in [0.25, 0.3) is 0 Å². The molecule has 1 heterocycles. The van der Waals surface area contributed by atoms with E-state index in [-0.39, 0.29) is 0 Å². The normalized spacial score (nSPS) is 43.9. The molecule has 3 aliphatic rings. The third kappa shape index (κ3) is 1.76. The van der Waals surface area contributed by atoms with Gasteiger partial charge in [0.2, 0.25) is 0 Å². The van der Waals surface area contributed by atoms with Crippen LogP contribution in [0.2, 0.25) is 0 Å². The van der Waals surface area contributed by atoms with Crippen LogP contribution < -0.4 is 0 Å². The molecular weight excluding hydrogens is 188 g/mol. The molecule has 1 unspecified atom stereocenters. The van der Waals surface area contributed by atoms with Gasteiger partial charge in [0.05, 0.1) is 13.2 Å². The highest BCUT2D eigenvalue weighted by molar-refractivity contribution is 5.79. The second-order valence-electron chi connectivity index (χ2n) is 5.24. The molecule has 0 spiro atoms. The summed E-state index contributed by atoms with van der Waals surface area (Å²) in [6.07, 6.45) is 7.74. The van der Waals surface area contributed by atoms with E-state index in [1.54, 1.807) is 5.57 Å². The van der Waals surface area contributed by atoms with Crippen LogP contribution >= 0.6 is 0 Å². The van der Waals surface area contributed by atoms with Gasteiger partial charge in [-0.15, -0.1) is 0 Å². The molecule has 0 radical (unpaired) electrons. The zero-order chi connectivity index (χ0) is 10.3. The Morgan fingerprint density at radius 3 is 3.13 bits per heavy atom. The molecule has 0 aromatic rings. The molecule has 2 heteroatoms. The predicted octanol–water partition coefficient (Wildman–Crippen LogP) is 2.34.